The molecule has 1 aromatic carbocycles. The molecule has 2 atom stereocenters. The smallest absolute Gasteiger partial charge is 0.122 e. The molecule has 1 aliphatic rings. The number of aromatic nitrogens is 2. The lowest BCUT2D eigenvalue weighted by Gasteiger charge is -2.28. The molecule has 1 N–H and O–H groups in total. The number of rotatable bonds is 4. The highest BCUT2D eigenvalue weighted by molar-refractivity contribution is 5.37. The van der Waals surface area contributed by atoms with Gasteiger partial charge in [0.15, 0.2) is 0 Å². The van der Waals surface area contributed by atoms with E-state index in [1.807, 2.05) is 22.8 Å². The van der Waals surface area contributed by atoms with E-state index in [2.05, 4.69) is 24.9 Å². The van der Waals surface area contributed by atoms with Crippen LogP contribution in [0.5, 0.6) is 5.75 Å². The number of aliphatic hydroxyl groups is 1. The largest absolute Gasteiger partial charge is 0.493 e. The van der Waals surface area contributed by atoms with Gasteiger partial charge in [-0.25, -0.2) is 4.98 Å². The summed E-state index contributed by atoms with van der Waals surface area (Å²) in [6, 6.07) is 8.44. The van der Waals surface area contributed by atoms with Crippen LogP contribution in [0.1, 0.15) is 56.0 Å². The molecule has 0 saturated heterocycles. The van der Waals surface area contributed by atoms with Crippen molar-refractivity contribution in [3.63, 3.8) is 0 Å². The van der Waals surface area contributed by atoms with E-state index < -0.39 is 6.10 Å². The molecule has 1 aliphatic heterocycles. The van der Waals surface area contributed by atoms with Crippen molar-refractivity contribution in [3.05, 3.63) is 48.0 Å². The highest BCUT2D eigenvalue weighted by Gasteiger charge is 2.25. The first kappa shape index (κ1) is 14.1. The van der Waals surface area contributed by atoms with Crippen LogP contribution < -0.4 is 4.74 Å². The Balaban J connectivity index is 1.79. The molecule has 0 bridgehead atoms. The van der Waals surface area contributed by atoms with Crippen molar-refractivity contribution in [2.75, 3.05) is 6.61 Å². The van der Waals surface area contributed by atoms with E-state index in [0.717, 1.165) is 24.5 Å². The van der Waals surface area contributed by atoms with E-state index in [-0.39, 0.29) is 0 Å². The molecule has 4 nitrogen and oxygen atoms in total. The molecule has 0 aliphatic carbocycles. The number of hydrogen-bond acceptors (Lipinski definition) is 3. The van der Waals surface area contributed by atoms with Gasteiger partial charge in [0.2, 0.25) is 0 Å². The summed E-state index contributed by atoms with van der Waals surface area (Å²) >= 11 is 0. The average molecular weight is 286 g/mol. The first-order chi connectivity index (χ1) is 10.2. The summed E-state index contributed by atoms with van der Waals surface area (Å²) < 4.78 is 7.73. The molecule has 1 aromatic heterocycles. The molecule has 0 fully saturated rings. The topological polar surface area (TPSA) is 47.3 Å². The van der Waals surface area contributed by atoms with Gasteiger partial charge in [-0.3, -0.25) is 0 Å². The number of fused-ring (bicyclic) bond motifs is 1. The molecule has 4 heteroatoms. The predicted molar refractivity (Wildman–Crippen MR) is 81.5 cm³/mol. The standard InChI is InChI=1S/C17H22N2O2/c1-12(2)19-11-18-10-15(19)16(20)9-13-7-8-21-17-6-4-3-5-14(13)17/h3-6,10-13,16,20H,7-9H2,1-2H3. The quantitative estimate of drug-likeness (QED) is 0.936. The Kier molecular flexibility index (Phi) is 3.97. The van der Waals surface area contributed by atoms with Gasteiger partial charge < -0.3 is 14.4 Å². The molecule has 112 valence electrons. The second-order valence-electron chi connectivity index (χ2n) is 5.94. The van der Waals surface area contributed by atoms with Crippen LogP contribution in [0, 0.1) is 0 Å². The molecular formula is C17H22N2O2. The van der Waals surface area contributed by atoms with Gasteiger partial charge in [0, 0.05) is 6.04 Å². The van der Waals surface area contributed by atoms with E-state index in [9.17, 15) is 5.11 Å². The maximum absolute atomic E-state index is 10.6. The Morgan fingerprint density at radius 1 is 1.38 bits per heavy atom. The summed E-state index contributed by atoms with van der Waals surface area (Å²) in [5.41, 5.74) is 2.10. The molecule has 21 heavy (non-hydrogen) atoms. The number of imidazole rings is 1. The number of benzene rings is 1. The van der Waals surface area contributed by atoms with E-state index in [1.54, 1.807) is 12.5 Å². The molecule has 0 amide bonds. The molecular weight excluding hydrogens is 264 g/mol. The fourth-order valence-corrected chi connectivity index (χ4v) is 3.06. The molecule has 0 radical (unpaired) electrons. The van der Waals surface area contributed by atoms with Gasteiger partial charge in [0.1, 0.15) is 5.75 Å². The Morgan fingerprint density at radius 3 is 3.00 bits per heavy atom. The number of ether oxygens (including phenoxy) is 1. The van der Waals surface area contributed by atoms with Crippen molar-refractivity contribution in [2.24, 2.45) is 0 Å². The highest BCUT2D eigenvalue weighted by Crippen LogP contribution is 2.38. The number of para-hydroxylation sites is 1. The summed E-state index contributed by atoms with van der Waals surface area (Å²) in [4.78, 5) is 4.18. The lowest BCUT2D eigenvalue weighted by atomic mass is 9.87. The van der Waals surface area contributed by atoms with Crippen LogP contribution in [-0.2, 0) is 0 Å². The zero-order valence-corrected chi connectivity index (χ0v) is 12.6. The monoisotopic (exact) mass is 286 g/mol. The number of hydrogen-bond donors (Lipinski definition) is 1. The number of aliphatic hydroxyl groups excluding tert-OH is 1. The molecule has 2 aromatic rings. The third-order valence-electron chi connectivity index (χ3n) is 4.18. The van der Waals surface area contributed by atoms with Gasteiger partial charge in [0.05, 0.1) is 30.9 Å². The maximum atomic E-state index is 10.6. The third-order valence-corrected chi connectivity index (χ3v) is 4.18. The molecule has 2 heterocycles. The van der Waals surface area contributed by atoms with Crippen molar-refractivity contribution in [2.45, 2.75) is 44.8 Å². The van der Waals surface area contributed by atoms with Crippen molar-refractivity contribution in [1.82, 2.24) is 9.55 Å². The molecule has 0 spiro atoms. The summed E-state index contributed by atoms with van der Waals surface area (Å²) in [6.45, 7) is 4.92. The zero-order valence-electron chi connectivity index (χ0n) is 12.6. The summed E-state index contributed by atoms with van der Waals surface area (Å²) in [7, 11) is 0. The second-order valence-corrected chi connectivity index (χ2v) is 5.94. The Hall–Kier alpha value is -1.81. The second kappa shape index (κ2) is 5.90. The highest BCUT2D eigenvalue weighted by atomic mass is 16.5. The Morgan fingerprint density at radius 2 is 2.19 bits per heavy atom. The summed E-state index contributed by atoms with van der Waals surface area (Å²) in [6.07, 6.45) is 4.73. The van der Waals surface area contributed by atoms with Crippen molar-refractivity contribution < 1.29 is 9.84 Å². The molecule has 3 rings (SSSR count). The summed E-state index contributed by atoms with van der Waals surface area (Å²) in [5, 5.41) is 10.6. The molecule has 0 saturated carbocycles. The Bertz CT molecular complexity index is 606. The zero-order chi connectivity index (χ0) is 14.8. The van der Waals surface area contributed by atoms with E-state index in [0.29, 0.717) is 18.4 Å². The van der Waals surface area contributed by atoms with E-state index >= 15 is 0 Å². The summed E-state index contributed by atoms with van der Waals surface area (Å²) in [5.74, 6) is 1.29. The van der Waals surface area contributed by atoms with Crippen LogP contribution in [0.3, 0.4) is 0 Å². The first-order valence-electron chi connectivity index (χ1n) is 7.58. The minimum Gasteiger partial charge on any atom is -0.493 e. The first-order valence-corrected chi connectivity index (χ1v) is 7.58. The van der Waals surface area contributed by atoms with Crippen LogP contribution in [0.2, 0.25) is 0 Å². The van der Waals surface area contributed by atoms with Gasteiger partial charge in [-0.15, -0.1) is 0 Å². The van der Waals surface area contributed by atoms with E-state index in [4.69, 9.17) is 4.74 Å². The predicted octanol–water partition coefficient (Wildman–Crippen LogP) is 3.45. The molecule has 2 unspecified atom stereocenters. The van der Waals surface area contributed by atoms with E-state index in [1.165, 1.54) is 5.56 Å². The normalized spacial score (nSPS) is 19.1. The minimum absolute atomic E-state index is 0.305. The van der Waals surface area contributed by atoms with Gasteiger partial charge in [-0.2, -0.15) is 0 Å². The van der Waals surface area contributed by atoms with Crippen molar-refractivity contribution in [1.29, 1.82) is 0 Å². The van der Waals surface area contributed by atoms with Crippen LogP contribution in [0.4, 0.5) is 0 Å². The van der Waals surface area contributed by atoms with Gasteiger partial charge in [-0.1, -0.05) is 18.2 Å². The fourth-order valence-electron chi connectivity index (χ4n) is 3.06. The minimum atomic E-state index is -0.494. The Labute approximate surface area is 125 Å². The van der Waals surface area contributed by atoms with Crippen LogP contribution >= 0.6 is 0 Å². The SMILES string of the molecule is CC(C)n1cncc1C(O)CC1CCOc2ccccc21. The lowest BCUT2D eigenvalue weighted by molar-refractivity contribution is 0.136. The average Bonchev–Trinajstić information content (AvgIpc) is 2.97. The van der Waals surface area contributed by atoms with Crippen molar-refractivity contribution in [3.8, 4) is 5.75 Å². The lowest BCUT2D eigenvalue weighted by Crippen LogP contribution is -2.18. The maximum Gasteiger partial charge on any atom is 0.122 e. The van der Waals surface area contributed by atoms with Crippen molar-refractivity contribution >= 4 is 0 Å². The van der Waals surface area contributed by atoms with Gasteiger partial charge >= 0.3 is 0 Å². The van der Waals surface area contributed by atoms with Crippen LogP contribution in [0.15, 0.2) is 36.8 Å². The van der Waals surface area contributed by atoms with Crippen LogP contribution in [-0.4, -0.2) is 21.3 Å². The van der Waals surface area contributed by atoms with Crippen LogP contribution in [0.25, 0.3) is 0 Å². The van der Waals surface area contributed by atoms with Gasteiger partial charge in [-0.05, 0) is 44.2 Å². The third kappa shape index (κ3) is 2.81. The van der Waals surface area contributed by atoms with Gasteiger partial charge in [0.25, 0.3) is 0 Å². The fraction of sp³-hybridized carbons (Fsp3) is 0.471. The number of nitrogens with zero attached hydrogens (tertiary/aromatic N) is 2.